The Morgan fingerprint density at radius 3 is 2.80 bits per heavy atom. The minimum Gasteiger partial charge on any atom is -0.356 e. The Morgan fingerprint density at radius 2 is 2.08 bits per heavy atom. The number of pyridine rings is 2. The number of aryl methyl sites for hydroxylation is 1. The first kappa shape index (κ1) is 17.2. The molecule has 6 nitrogen and oxygen atoms in total. The van der Waals surface area contributed by atoms with Crippen molar-refractivity contribution in [2.24, 2.45) is 18.9 Å². The van der Waals surface area contributed by atoms with E-state index in [1.165, 1.54) is 0 Å². The lowest BCUT2D eigenvalue weighted by Crippen LogP contribution is -2.36. The second-order valence-electron chi connectivity index (χ2n) is 6.76. The first-order valence-electron chi connectivity index (χ1n) is 8.56. The Balaban J connectivity index is 1.64. The molecular weight excluding hydrogens is 316 g/mol. The second-order valence-corrected chi connectivity index (χ2v) is 6.76. The van der Waals surface area contributed by atoms with Crippen molar-refractivity contribution in [3.63, 3.8) is 0 Å². The molecule has 3 rings (SSSR count). The molecule has 1 aliphatic heterocycles. The van der Waals surface area contributed by atoms with Crippen molar-refractivity contribution in [2.45, 2.75) is 20.4 Å². The first-order chi connectivity index (χ1) is 12.0. The van der Waals surface area contributed by atoms with Crippen LogP contribution in [0, 0.1) is 18.8 Å². The summed E-state index contributed by atoms with van der Waals surface area (Å²) in [5.74, 6) is 1.03. The summed E-state index contributed by atoms with van der Waals surface area (Å²) in [6, 6.07) is 9.48. The average Bonchev–Trinajstić information content (AvgIpc) is 3.01. The summed E-state index contributed by atoms with van der Waals surface area (Å²) < 4.78 is 1.60. The molecule has 1 saturated heterocycles. The minimum absolute atomic E-state index is 0.00596. The van der Waals surface area contributed by atoms with Crippen LogP contribution in [0.3, 0.4) is 0 Å². The number of nitrogens with zero attached hydrogens (tertiary/aromatic N) is 3. The summed E-state index contributed by atoms with van der Waals surface area (Å²) in [7, 11) is 1.74. The molecule has 1 fully saturated rings. The molecule has 0 unspecified atom stereocenters. The van der Waals surface area contributed by atoms with Gasteiger partial charge in [-0.15, -0.1) is 0 Å². The van der Waals surface area contributed by atoms with E-state index in [0.29, 0.717) is 12.1 Å². The number of amides is 1. The Labute approximate surface area is 147 Å². The van der Waals surface area contributed by atoms with Crippen molar-refractivity contribution in [3.05, 3.63) is 58.1 Å². The van der Waals surface area contributed by atoms with Crippen LogP contribution in [-0.4, -0.2) is 28.5 Å². The molecule has 6 heteroatoms. The molecular formula is C19H24N4O2. The van der Waals surface area contributed by atoms with Gasteiger partial charge in [0.15, 0.2) is 0 Å². The van der Waals surface area contributed by atoms with E-state index in [-0.39, 0.29) is 29.8 Å². The monoisotopic (exact) mass is 340 g/mol. The average molecular weight is 340 g/mol. The molecule has 2 aromatic heterocycles. The zero-order chi connectivity index (χ0) is 18.0. The van der Waals surface area contributed by atoms with Crippen molar-refractivity contribution < 1.29 is 4.79 Å². The molecule has 2 aromatic rings. The molecule has 2 atom stereocenters. The number of anilines is 1. The SMILES string of the molecule is Cc1ccc(CNC(=O)[C@@H]2CN(c3ccccn3)C[C@H]2C)c(=O)n1C. The van der Waals surface area contributed by atoms with E-state index >= 15 is 0 Å². The van der Waals surface area contributed by atoms with E-state index in [0.717, 1.165) is 18.1 Å². The fraction of sp³-hybridized carbons (Fsp3) is 0.421. The molecule has 0 saturated carbocycles. The Hall–Kier alpha value is -2.63. The number of carbonyl (C=O) groups is 1. The number of carbonyl (C=O) groups excluding carboxylic acids is 1. The smallest absolute Gasteiger partial charge is 0.255 e. The molecule has 1 N–H and O–H groups in total. The predicted octanol–water partition coefficient (Wildman–Crippen LogP) is 1.48. The van der Waals surface area contributed by atoms with Crippen LogP contribution in [0.2, 0.25) is 0 Å². The van der Waals surface area contributed by atoms with Gasteiger partial charge < -0.3 is 14.8 Å². The van der Waals surface area contributed by atoms with Crippen molar-refractivity contribution in [2.75, 3.05) is 18.0 Å². The third-order valence-corrected chi connectivity index (χ3v) is 5.01. The zero-order valence-electron chi connectivity index (χ0n) is 14.9. The van der Waals surface area contributed by atoms with E-state index in [4.69, 9.17) is 0 Å². The predicted molar refractivity (Wildman–Crippen MR) is 97.4 cm³/mol. The maximum Gasteiger partial charge on any atom is 0.255 e. The Morgan fingerprint density at radius 1 is 1.28 bits per heavy atom. The van der Waals surface area contributed by atoms with Crippen LogP contribution in [0.4, 0.5) is 5.82 Å². The van der Waals surface area contributed by atoms with Crippen LogP contribution >= 0.6 is 0 Å². The van der Waals surface area contributed by atoms with E-state index in [1.54, 1.807) is 23.9 Å². The molecule has 132 valence electrons. The van der Waals surface area contributed by atoms with Crippen LogP contribution in [0.1, 0.15) is 18.2 Å². The van der Waals surface area contributed by atoms with Gasteiger partial charge in [-0.3, -0.25) is 9.59 Å². The molecule has 25 heavy (non-hydrogen) atoms. The third kappa shape index (κ3) is 3.57. The van der Waals surface area contributed by atoms with Gasteiger partial charge in [-0.1, -0.05) is 19.1 Å². The van der Waals surface area contributed by atoms with Crippen LogP contribution in [-0.2, 0) is 18.4 Å². The first-order valence-corrected chi connectivity index (χ1v) is 8.56. The van der Waals surface area contributed by atoms with Gasteiger partial charge in [-0.2, -0.15) is 0 Å². The maximum absolute atomic E-state index is 12.6. The van der Waals surface area contributed by atoms with Crippen molar-refractivity contribution >= 4 is 11.7 Å². The molecule has 0 bridgehead atoms. The number of rotatable bonds is 4. The lowest BCUT2D eigenvalue weighted by molar-refractivity contribution is -0.125. The largest absolute Gasteiger partial charge is 0.356 e. The Kier molecular flexibility index (Phi) is 4.88. The fourth-order valence-corrected chi connectivity index (χ4v) is 3.26. The summed E-state index contributed by atoms with van der Waals surface area (Å²) in [4.78, 5) is 31.3. The number of nitrogens with one attached hydrogen (secondary N) is 1. The molecule has 0 aromatic carbocycles. The van der Waals surface area contributed by atoms with Crippen LogP contribution < -0.4 is 15.8 Å². The number of hydrogen-bond acceptors (Lipinski definition) is 4. The summed E-state index contributed by atoms with van der Waals surface area (Å²) in [6.45, 7) is 5.68. The maximum atomic E-state index is 12.6. The normalized spacial score (nSPS) is 19.9. The lowest BCUT2D eigenvalue weighted by atomic mass is 9.97. The van der Waals surface area contributed by atoms with Gasteiger partial charge in [0, 0.05) is 44.1 Å². The van der Waals surface area contributed by atoms with Gasteiger partial charge in [-0.25, -0.2) is 4.98 Å². The minimum atomic E-state index is -0.101. The second kappa shape index (κ2) is 7.09. The zero-order valence-corrected chi connectivity index (χ0v) is 14.9. The van der Waals surface area contributed by atoms with Crippen molar-refractivity contribution in [1.29, 1.82) is 0 Å². The highest BCUT2D eigenvalue weighted by Crippen LogP contribution is 2.26. The molecule has 0 aliphatic carbocycles. The lowest BCUT2D eigenvalue weighted by Gasteiger charge is -2.17. The van der Waals surface area contributed by atoms with E-state index in [1.807, 2.05) is 31.2 Å². The molecule has 3 heterocycles. The standard InChI is InChI=1S/C19H24N4O2/c1-13-11-23(17-6-4-5-9-20-17)12-16(13)18(24)21-10-15-8-7-14(2)22(3)19(15)25/h4-9,13,16H,10-12H2,1-3H3,(H,21,24)/t13-,16-/m1/s1. The van der Waals surface area contributed by atoms with Gasteiger partial charge in [-0.05, 0) is 31.0 Å². The van der Waals surface area contributed by atoms with Crippen molar-refractivity contribution in [3.8, 4) is 0 Å². The Bertz CT molecular complexity index is 816. The quantitative estimate of drug-likeness (QED) is 0.915. The van der Waals surface area contributed by atoms with Gasteiger partial charge in [0.25, 0.3) is 5.56 Å². The molecule has 0 radical (unpaired) electrons. The summed E-state index contributed by atoms with van der Waals surface area (Å²) in [5, 5.41) is 2.93. The van der Waals surface area contributed by atoms with Crippen LogP contribution in [0.25, 0.3) is 0 Å². The van der Waals surface area contributed by atoms with Gasteiger partial charge in [0.2, 0.25) is 5.91 Å². The summed E-state index contributed by atoms with van der Waals surface area (Å²) >= 11 is 0. The number of hydrogen-bond donors (Lipinski definition) is 1. The highest BCUT2D eigenvalue weighted by molar-refractivity contribution is 5.80. The highest BCUT2D eigenvalue weighted by Gasteiger charge is 2.35. The third-order valence-electron chi connectivity index (χ3n) is 5.01. The molecule has 0 spiro atoms. The summed E-state index contributed by atoms with van der Waals surface area (Å²) in [5.41, 5.74) is 1.44. The van der Waals surface area contributed by atoms with Gasteiger partial charge in [0.05, 0.1) is 5.92 Å². The van der Waals surface area contributed by atoms with Crippen molar-refractivity contribution in [1.82, 2.24) is 14.9 Å². The molecule has 1 aliphatic rings. The molecule has 1 amide bonds. The highest BCUT2D eigenvalue weighted by atomic mass is 16.2. The van der Waals surface area contributed by atoms with Crippen LogP contribution in [0.15, 0.2) is 41.3 Å². The van der Waals surface area contributed by atoms with E-state index in [2.05, 4.69) is 22.1 Å². The van der Waals surface area contributed by atoms with E-state index in [9.17, 15) is 9.59 Å². The number of aromatic nitrogens is 2. The van der Waals surface area contributed by atoms with Gasteiger partial charge in [0.1, 0.15) is 5.82 Å². The fourth-order valence-electron chi connectivity index (χ4n) is 3.26. The summed E-state index contributed by atoms with van der Waals surface area (Å²) in [6.07, 6.45) is 1.76. The van der Waals surface area contributed by atoms with E-state index < -0.39 is 0 Å². The topological polar surface area (TPSA) is 67.2 Å². The van der Waals surface area contributed by atoms with Crippen LogP contribution in [0.5, 0.6) is 0 Å². The van der Waals surface area contributed by atoms with Gasteiger partial charge >= 0.3 is 0 Å².